The second kappa shape index (κ2) is 8.60. The van der Waals surface area contributed by atoms with Crippen LogP contribution >= 0.6 is 0 Å². The molecule has 0 amide bonds. The van der Waals surface area contributed by atoms with Crippen LogP contribution in [0.25, 0.3) is 0 Å². The first-order valence-corrected chi connectivity index (χ1v) is 11.5. The van der Waals surface area contributed by atoms with Gasteiger partial charge in [-0.2, -0.15) is 0 Å². The number of rotatable bonds is 7. The fraction of sp³-hybridized carbons (Fsp3) is 0.538. The molecule has 0 saturated carbocycles. The molecule has 3 atom stereocenters. The summed E-state index contributed by atoms with van der Waals surface area (Å²) in [5.41, 5.74) is 4.11. The van der Waals surface area contributed by atoms with E-state index in [-0.39, 0.29) is 0 Å². The van der Waals surface area contributed by atoms with Gasteiger partial charge in [-0.15, -0.1) is 0 Å². The lowest BCUT2D eigenvalue weighted by Crippen LogP contribution is -2.45. The molecule has 2 saturated heterocycles. The monoisotopic (exact) mass is 406 g/mol. The third-order valence-electron chi connectivity index (χ3n) is 7.57. The lowest BCUT2D eigenvalue weighted by molar-refractivity contribution is 0.0946. The standard InChI is InChI=1S/C26H34N2O2/c1-29-25-10-11-26(30-2)24-15-20(14-23(24)25)27-16-19-12-21-8-9-22(13-19)28(21)17-18-6-4-3-5-7-18/h3-7,10-11,19-22,27H,8-9,12-17H2,1-2H3/t19?,21-,22+. The Hall–Kier alpha value is -2.04. The van der Waals surface area contributed by atoms with Gasteiger partial charge in [0.25, 0.3) is 0 Å². The molecule has 0 radical (unpaired) electrons. The van der Waals surface area contributed by atoms with Crippen molar-refractivity contribution < 1.29 is 9.47 Å². The first kappa shape index (κ1) is 19.9. The highest BCUT2D eigenvalue weighted by molar-refractivity contribution is 5.52. The van der Waals surface area contributed by atoms with Gasteiger partial charge >= 0.3 is 0 Å². The Kier molecular flexibility index (Phi) is 5.70. The van der Waals surface area contributed by atoms with E-state index in [1.807, 2.05) is 12.1 Å². The molecule has 4 nitrogen and oxygen atoms in total. The molecule has 1 N–H and O–H groups in total. The van der Waals surface area contributed by atoms with Crippen LogP contribution in [0.2, 0.25) is 0 Å². The third-order valence-corrected chi connectivity index (χ3v) is 7.57. The summed E-state index contributed by atoms with van der Waals surface area (Å²) in [6.07, 6.45) is 7.49. The van der Waals surface area contributed by atoms with Gasteiger partial charge in [0.05, 0.1) is 14.2 Å². The maximum absolute atomic E-state index is 5.61. The van der Waals surface area contributed by atoms with Crippen LogP contribution in [0, 0.1) is 5.92 Å². The van der Waals surface area contributed by atoms with E-state index in [0.717, 1.165) is 55.4 Å². The second-order valence-corrected chi connectivity index (χ2v) is 9.32. The van der Waals surface area contributed by atoms with Crippen molar-refractivity contribution in [2.75, 3.05) is 20.8 Å². The van der Waals surface area contributed by atoms with Crippen LogP contribution in [-0.2, 0) is 19.4 Å². The lowest BCUT2D eigenvalue weighted by atomic mass is 9.90. The first-order chi connectivity index (χ1) is 14.7. The van der Waals surface area contributed by atoms with Gasteiger partial charge in [-0.1, -0.05) is 30.3 Å². The van der Waals surface area contributed by atoms with E-state index < -0.39 is 0 Å². The van der Waals surface area contributed by atoms with Gasteiger partial charge in [0.15, 0.2) is 0 Å². The Morgan fingerprint density at radius 1 is 0.867 bits per heavy atom. The third kappa shape index (κ3) is 3.83. The zero-order chi connectivity index (χ0) is 20.5. The van der Waals surface area contributed by atoms with Crippen molar-refractivity contribution in [1.82, 2.24) is 10.2 Å². The summed E-state index contributed by atoms with van der Waals surface area (Å²) in [7, 11) is 3.53. The van der Waals surface area contributed by atoms with Crippen molar-refractivity contribution in [3.05, 3.63) is 59.2 Å². The first-order valence-electron chi connectivity index (χ1n) is 11.5. The molecule has 4 heteroatoms. The lowest BCUT2D eigenvalue weighted by Gasteiger charge is -2.39. The summed E-state index contributed by atoms with van der Waals surface area (Å²) in [4.78, 5) is 2.78. The molecule has 5 rings (SSSR count). The Bertz CT molecular complexity index is 822. The summed E-state index contributed by atoms with van der Waals surface area (Å²) in [5, 5.41) is 3.90. The summed E-state index contributed by atoms with van der Waals surface area (Å²) < 4.78 is 11.2. The van der Waals surface area contributed by atoms with Crippen LogP contribution in [-0.4, -0.2) is 43.8 Å². The van der Waals surface area contributed by atoms with Gasteiger partial charge in [0, 0.05) is 35.8 Å². The average Bonchev–Trinajstić information content (AvgIpc) is 3.30. The van der Waals surface area contributed by atoms with Crippen LogP contribution in [0.5, 0.6) is 11.5 Å². The van der Waals surface area contributed by atoms with Crippen molar-refractivity contribution in [2.24, 2.45) is 5.92 Å². The van der Waals surface area contributed by atoms with Gasteiger partial charge in [-0.05, 0) is 68.7 Å². The smallest absolute Gasteiger partial charge is 0.122 e. The maximum atomic E-state index is 5.61. The summed E-state index contributed by atoms with van der Waals surface area (Å²) in [5.74, 6) is 2.80. The highest BCUT2D eigenvalue weighted by Gasteiger charge is 2.40. The van der Waals surface area contributed by atoms with E-state index >= 15 is 0 Å². The zero-order valence-electron chi connectivity index (χ0n) is 18.3. The van der Waals surface area contributed by atoms with E-state index in [2.05, 4.69) is 40.5 Å². The minimum Gasteiger partial charge on any atom is -0.496 e. The van der Waals surface area contributed by atoms with Crippen molar-refractivity contribution in [3.63, 3.8) is 0 Å². The predicted molar refractivity (Wildman–Crippen MR) is 120 cm³/mol. The molecule has 0 aromatic heterocycles. The minimum absolute atomic E-state index is 0.491. The molecule has 2 aromatic rings. The van der Waals surface area contributed by atoms with E-state index in [0.29, 0.717) is 6.04 Å². The Balaban J connectivity index is 1.17. The number of ether oxygens (including phenoxy) is 2. The number of fused-ring (bicyclic) bond motifs is 3. The van der Waals surface area contributed by atoms with Crippen molar-refractivity contribution in [1.29, 1.82) is 0 Å². The van der Waals surface area contributed by atoms with E-state index in [4.69, 9.17) is 9.47 Å². The number of nitrogens with zero attached hydrogens (tertiary/aromatic N) is 1. The summed E-state index contributed by atoms with van der Waals surface area (Å²) in [6.45, 7) is 2.25. The van der Waals surface area contributed by atoms with Gasteiger partial charge in [-0.25, -0.2) is 0 Å². The van der Waals surface area contributed by atoms with Crippen molar-refractivity contribution in [3.8, 4) is 11.5 Å². The normalized spacial score (nSPS) is 26.0. The largest absolute Gasteiger partial charge is 0.496 e. The van der Waals surface area contributed by atoms with Crippen LogP contribution in [0.3, 0.4) is 0 Å². The van der Waals surface area contributed by atoms with Crippen LogP contribution < -0.4 is 14.8 Å². The number of nitrogens with one attached hydrogen (secondary N) is 1. The fourth-order valence-electron chi connectivity index (χ4n) is 6.13. The minimum atomic E-state index is 0.491. The number of benzene rings is 2. The number of hydrogen-bond donors (Lipinski definition) is 1. The highest BCUT2D eigenvalue weighted by Crippen LogP contribution is 2.40. The van der Waals surface area contributed by atoms with E-state index in [9.17, 15) is 0 Å². The molecule has 2 aliphatic heterocycles. The molecule has 30 heavy (non-hydrogen) atoms. The summed E-state index contributed by atoms with van der Waals surface area (Å²) in [6, 6.07) is 17.1. The molecule has 3 aliphatic rings. The Labute approximate surface area is 180 Å². The van der Waals surface area contributed by atoms with Crippen LogP contribution in [0.4, 0.5) is 0 Å². The fourth-order valence-corrected chi connectivity index (χ4v) is 6.13. The highest BCUT2D eigenvalue weighted by atomic mass is 16.5. The molecule has 1 unspecified atom stereocenters. The summed E-state index contributed by atoms with van der Waals surface area (Å²) >= 11 is 0. The van der Waals surface area contributed by atoms with Gasteiger partial charge in [0.2, 0.25) is 0 Å². The topological polar surface area (TPSA) is 33.7 Å². The maximum Gasteiger partial charge on any atom is 0.122 e. The molecule has 2 aromatic carbocycles. The van der Waals surface area contributed by atoms with Crippen LogP contribution in [0.1, 0.15) is 42.4 Å². The van der Waals surface area contributed by atoms with Gasteiger partial charge in [0.1, 0.15) is 11.5 Å². The molecule has 0 spiro atoms. The Morgan fingerprint density at radius 2 is 1.47 bits per heavy atom. The molecular formula is C26H34N2O2. The molecule has 2 heterocycles. The zero-order valence-corrected chi connectivity index (χ0v) is 18.3. The number of hydrogen-bond acceptors (Lipinski definition) is 4. The average molecular weight is 407 g/mol. The molecule has 2 fully saturated rings. The van der Waals surface area contributed by atoms with Crippen molar-refractivity contribution in [2.45, 2.75) is 63.2 Å². The number of methoxy groups -OCH3 is 2. The van der Waals surface area contributed by atoms with Gasteiger partial charge in [-0.3, -0.25) is 4.90 Å². The number of piperidine rings is 1. The predicted octanol–water partition coefficient (Wildman–Crippen LogP) is 4.20. The molecule has 2 bridgehead atoms. The van der Waals surface area contributed by atoms with E-state index in [1.165, 1.54) is 42.4 Å². The van der Waals surface area contributed by atoms with Gasteiger partial charge < -0.3 is 14.8 Å². The van der Waals surface area contributed by atoms with Crippen LogP contribution in [0.15, 0.2) is 42.5 Å². The molecule has 160 valence electrons. The molecule has 1 aliphatic carbocycles. The molecular weight excluding hydrogens is 372 g/mol. The van der Waals surface area contributed by atoms with E-state index in [1.54, 1.807) is 14.2 Å². The second-order valence-electron chi connectivity index (χ2n) is 9.32. The van der Waals surface area contributed by atoms with Crippen molar-refractivity contribution >= 4 is 0 Å². The SMILES string of the molecule is COc1ccc(OC)c2c1CC(NCC1C[C@H]3CC[C@@H](C1)N3Cc1ccccc1)C2. The Morgan fingerprint density at radius 3 is 2.03 bits per heavy atom. The quantitative estimate of drug-likeness (QED) is 0.747.